The van der Waals surface area contributed by atoms with E-state index in [0.717, 1.165) is 0 Å². The van der Waals surface area contributed by atoms with Crippen molar-refractivity contribution >= 4 is 0 Å². The van der Waals surface area contributed by atoms with Crippen molar-refractivity contribution in [2.45, 2.75) is 38.0 Å². The Hall–Kier alpha value is -2.34. The lowest BCUT2D eigenvalue weighted by atomic mass is 9.81. The molecule has 1 unspecified atom stereocenters. The van der Waals surface area contributed by atoms with Crippen LogP contribution in [-0.4, -0.2) is 0 Å². The highest BCUT2D eigenvalue weighted by Crippen LogP contribution is 2.51. The molecule has 0 saturated heterocycles. The number of hydrogen-bond donors (Lipinski definition) is 0. The fraction of sp³-hybridized carbons (Fsp3) is 0.250. The van der Waals surface area contributed by atoms with Gasteiger partial charge in [0.2, 0.25) is 0 Å². The molecule has 0 bridgehead atoms. The molecule has 24 heavy (non-hydrogen) atoms. The van der Waals surface area contributed by atoms with E-state index in [1.165, 1.54) is 65.5 Å². The van der Waals surface area contributed by atoms with Crippen LogP contribution in [0.25, 0.3) is 11.1 Å². The van der Waals surface area contributed by atoms with Gasteiger partial charge >= 0.3 is 0 Å². The third-order valence-corrected chi connectivity index (χ3v) is 5.74. The zero-order chi connectivity index (χ0) is 15.9. The molecular weight excluding hydrogens is 288 g/mol. The van der Waals surface area contributed by atoms with E-state index in [0.29, 0.717) is 5.92 Å². The van der Waals surface area contributed by atoms with Crippen molar-refractivity contribution in [2.75, 3.05) is 0 Å². The highest BCUT2D eigenvalue weighted by molar-refractivity contribution is 5.82. The Morgan fingerprint density at radius 3 is 2.62 bits per heavy atom. The van der Waals surface area contributed by atoms with Crippen LogP contribution in [0.15, 0.2) is 77.4 Å². The van der Waals surface area contributed by atoms with Gasteiger partial charge in [0.1, 0.15) is 0 Å². The minimum atomic E-state index is 0.344. The van der Waals surface area contributed by atoms with E-state index in [1.807, 2.05) is 0 Å². The maximum Gasteiger partial charge on any atom is 0.0364 e. The highest BCUT2D eigenvalue weighted by atomic mass is 14.4. The van der Waals surface area contributed by atoms with E-state index in [-0.39, 0.29) is 0 Å². The SMILES string of the molecule is [c]1cccc2c1C(C1=CC=CC1=C1CCCCC1)c1ccccc1-2. The Balaban J connectivity index is 1.67. The average molecular weight is 309 g/mol. The van der Waals surface area contributed by atoms with Crippen molar-refractivity contribution in [1.29, 1.82) is 0 Å². The van der Waals surface area contributed by atoms with Crippen LogP contribution in [0.2, 0.25) is 0 Å². The first-order chi connectivity index (χ1) is 11.9. The van der Waals surface area contributed by atoms with Crippen LogP contribution in [0.5, 0.6) is 0 Å². The second kappa shape index (κ2) is 5.63. The molecule has 5 rings (SSSR count). The molecule has 2 aromatic rings. The van der Waals surface area contributed by atoms with Gasteiger partial charge in [0.15, 0.2) is 0 Å². The van der Waals surface area contributed by atoms with Crippen LogP contribution in [0, 0.1) is 6.07 Å². The summed E-state index contributed by atoms with van der Waals surface area (Å²) in [5, 5.41) is 0. The van der Waals surface area contributed by atoms with E-state index in [1.54, 1.807) is 5.57 Å². The van der Waals surface area contributed by atoms with Crippen LogP contribution in [0.3, 0.4) is 0 Å². The molecule has 1 radical (unpaired) electrons. The fourth-order valence-electron chi connectivity index (χ4n) is 4.65. The molecule has 3 aliphatic carbocycles. The Morgan fingerprint density at radius 2 is 1.71 bits per heavy atom. The number of benzene rings is 2. The van der Waals surface area contributed by atoms with Crippen LogP contribution in [0.4, 0.5) is 0 Å². The van der Waals surface area contributed by atoms with Gasteiger partial charge in [-0.1, -0.05) is 72.7 Å². The van der Waals surface area contributed by atoms with E-state index in [2.05, 4.69) is 66.8 Å². The number of rotatable bonds is 1. The minimum absolute atomic E-state index is 0.344. The van der Waals surface area contributed by atoms with Crippen molar-refractivity contribution in [3.05, 3.63) is 94.6 Å². The highest BCUT2D eigenvalue weighted by Gasteiger charge is 2.33. The topological polar surface area (TPSA) is 0 Å². The first-order valence-corrected chi connectivity index (χ1v) is 9.14. The molecular formula is C24H21. The molecule has 1 saturated carbocycles. The van der Waals surface area contributed by atoms with E-state index in [9.17, 15) is 0 Å². The van der Waals surface area contributed by atoms with Crippen molar-refractivity contribution in [3.8, 4) is 11.1 Å². The Labute approximate surface area is 144 Å². The molecule has 0 heterocycles. The van der Waals surface area contributed by atoms with Gasteiger partial charge in [-0.2, -0.15) is 0 Å². The van der Waals surface area contributed by atoms with E-state index < -0.39 is 0 Å². The second-order valence-electron chi connectivity index (χ2n) is 7.08. The lowest BCUT2D eigenvalue weighted by molar-refractivity contribution is 0.595. The summed E-state index contributed by atoms with van der Waals surface area (Å²) in [5.41, 5.74) is 10.2. The summed E-state index contributed by atoms with van der Waals surface area (Å²) in [7, 11) is 0. The summed E-state index contributed by atoms with van der Waals surface area (Å²) in [6.45, 7) is 0. The molecule has 1 fully saturated rings. The maximum absolute atomic E-state index is 3.56. The summed E-state index contributed by atoms with van der Waals surface area (Å²) >= 11 is 0. The summed E-state index contributed by atoms with van der Waals surface area (Å²) in [6.07, 6.45) is 13.6. The monoisotopic (exact) mass is 309 g/mol. The normalized spacial score (nSPS) is 19.4. The van der Waals surface area contributed by atoms with Gasteiger partial charge < -0.3 is 0 Å². The predicted molar refractivity (Wildman–Crippen MR) is 99.9 cm³/mol. The molecule has 2 aromatic carbocycles. The van der Waals surface area contributed by atoms with Crippen LogP contribution >= 0.6 is 0 Å². The third kappa shape index (κ3) is 2.06. The summed E-state index contributed by atoms with van der Waals surface area (Å²) < 4.78 is 0. The molecule has 0 spiro atoms. The molecule has 0 aliphatic heterocycles. The standard InChI is InChI=1S/C24H21/c1-2-9-17(10-3-1)18-15-8-16-21(18)24-22-13-6-4-11-19(22)20-12-5-7-14-23(20)24/h4-8,11-13,15-16,24H,1-3,9-10H2. The molecule has 1 atom stereocenters. The predicted octanol–water partition coefficient (Wildman–Crippen LogP) is 6.36. The van der Waals surface area contributed by atoms with Crippen molar-refractivity contribution in [1.82, 2.24) is 0 Å². The minimum Gasteiger partial charge on any atom is -0.0627 e. The molecule has 0 nitrogen and oxygen atoms in total. The molecule has 0 heteroatoms. The van der Waals surface area contributed by atoms with Gasteiger partial charge in [0.25, 0.3) is 0 Å². The molecule has 0 N–H and O–H groups in total. The quantitative estimate of drug-likeness (QED) is 0.575. The smallest absolute Gasteiger partial charge is 0.0364 e. The Morgan fingerprint density at radius 1 is 0.875 bits per heavy atom. The van der Waals surface area contributed by atoms with Gasteiger partial charge in [-0.15, -0.1) is 0 Å². The van der Waals surface area contributed by atoms with Gasteiger partial charge in [-0.05, 0) is 65.1 Å². The van der Waals surface area contributed by atoms with Crippen LogP contribution in [-0.2, 0) is 0 Å². The van der Waals surface area contributed by atoms with Gasteiger partial charge in [0.05, 0.1) is 0 Å². The van der Waals surface area contributed by atoms with Crippen LogP contribution < -0.4 is 0 Å². The lowest BCUT2D eigenvalue weighted by Gasteiger charge is -2.22. The molecule has 117 valence electrons. The van der Waals surface area contributed by atoms with E-state index >= 15 is 0 Å². The summed E-state index contributed by atoms with van der Waals surface area (Å²) in [6, 6.07) is 18.9. The number of fused-ring (bicyclic) bond motifs is 3. The number of hydrogen-bond acceptors (Lipinski definition) is 0. The first-order valence-electron chi connectivity index (χ1n) is 9.14. The largest absolute Gasteiger partial charge is 0.0627 e. The summed E-state index contributed by atoms with van der Waals surface area (Å²) in [5.74, 6) is 0.344. The van der Waals surface area contributed by atoms with Crippen molar-refractivity contribution < 1.29 is 0 Å². The lowest BCUT2D eigenvalue weighted by Crippen LogP contribution is -2.05. The maximum atomic E-state index is 3.56. The molecule has 0 amide bonds. The molecule has 3 aliphatic rings. The molecule has 0 aromatic heterocycles. The zero-order valence-corrected chi connectivity index (χ0v) is 13.9. The Kier molecular flexibility index (Phi) is 3.29. The Bertz CT molecular complexity index is 838. The average Bonchev–Trinajstić information content (AvgIpc) is 3.24. The van der Waals surface area contributed by atoms with Crippen LogP contribution in [0.1, 0.15) is 49.1 Å². The number of allylic oxidation sites excluding steroid dienone is 6. The van der Waals surface area contributed by atoms with Crippen molar-refractivity contribution in [2.24, 2.45) is 0 Å². The van der Waals surface area contributed by atoms with Gasteiger partial charge in [0, 0.05) is 5.92 Å². The summed E-state index contributed by atoms with van der Waals surface area (Å²) in [4.78, 5) is 0. The van der Waals surface area contributed by atoms with Crippen molar-refractivity contribution in [3.63, 3.8) is 0 Å². The van der Waals surface area contributed by atoms with Gasteiger partial charge in [-0.25, -0.2) is 0 Å². The van der Waals surface area contributed by atoms with Gasteiger partial charge in [-0.3, -0.25) is 0 Å². The first kappa shape index (κ1) is 14.0. The second-order valence-corrected chi connectivity index (χ2v) is 7.08. The zero-order valence-electron chi connectivity index (χ0n) is 13.9. The van der Waals surface area contributed by atoms with E-state index in [4.69, 9.17) is 0 Å². The third-order valence-electron chi connectivity index (χ3n) is 5.74. The fourth-order valence-corrected chi connectivity index (χ4v) is 4.65.